The number of morpholine rings is 1. The number of hydrogen-bond donors (Lipinski definition) is 1. The Labute approximate surface area is 111 Å². The molecule has 0 saturated carbocycles. The van der Waals surface area contributed by atoms with E-state index in [4.69, 9.17) is 4.74 Å². The maximum absolute atomic E-state index is 11.8. The van der Waals surface area contributed by atoms with E-state index in [-0.39, 0.29) is 17.8 Å². The van der Waals surface area contributed by atoms with Crippen molar-refractivity contribution in [2.24, 2.45) is 0 Å². The molecule has 5 nitrogen and oxygen atoms in total. The summed E-state index contributed by atoms with van der Waals surface area (Å²) in [5, 5.41) is 2.97. The summed E-state index contributed by atoms with van der Waals surface area (Å²) in [6, 6.07) is 9.33. The molecule has 0 aromatic heterocycles. The van der Waals surface area contributed by atoms with Gasteiger partial charge in [0.25, 0.3) is 0 Å². The van der Waals surface area contributed by atoms with Crippen molar-refractivity contribution in [1.29, 1.82) is 0 Å². The fraction of sp³-hybridized carbons (Fsp3) is 0.286. The van der Waals surface area contributed by atoms with Gasteiger partial charge in [0.15, 0.2) is 0 Å². The van der Waals surface area contributed by atoms with Gasteiger partial charge in [-0.2, -0.15) is 0 Å². The zero-order valence-corrected chi connectivity index (χ0v) is 10.8. The molecule has 0 amide bonds. The molecule has 1 aromatic rings. The Bertz CT molecular complexity index is 509. The first-order valence-corrected chi connectivity index (χ1v) is 5.94. The SMILES string of the molecule is COC(=O)C=C1NC(C)C(c2ccccc2)OC1=O. The van der Waals surface area contributed by atoms with E-state index in [1.165, 1.54) is 7.11 Å². The lowest BCUT2D eigenvalue weighted by Gasteiger charge is -2.31. The summed E-state index contributed by atoms with van der Waals surface area (Å²) in [6.07, 6.45) is 0.726. The van der Waals surface area contributed by atoms with Crippen molar-refractivity contribution in [1.82, 2.24) is 5.32 Å². The number of carbonyl (C=O) groups excluding carboxylic acids is 2. The Morgan fingerprint density at radius 1 is 1.37 bits per heavy atom. The summed E-state index contributed by atoms with van der Waals surface area (Å²) in [7, 11) is 1.25. The molecule has 0 radical (unpaired) electrons. The van der Waals surface area contributed by atoms with Crippen LogP contribution in [0.3, 0.4) is 0 Å². The average Bonchev–Trinajstić information content (AvgIpc) is 2.43. The van der Waals surface area contributed by atoms with Gasteiger partial charge < -0.3 is 14.8 Å². The molecule has 100 valence electrons. The highest BCUT2D eigenvalue weighted by Gasteiger charge is 2.32. The topological polar surface area (TPSA) is 64.6 Å². The van der Waals surface area contributed by atoms with E-state index in [1.54, 1.807) is 0 Å². The zero-order valence-electron chi connectivity index (χ0n) is 10.8. The molecule has 1 aliphatic heterocycles. The Hall–Kier alpha value is -2.30. The minimum absolute atomic E-state index is 0.117. The van der Waals surface area contributed by atoms with Gasteiger partial charge in [0.1, 0.15) is 11.8 Å². The second kappa shape index (κ2) is 5.56. The molecule has 1 heterocycles. The molecule has 19 heavy (non-hydrogen) atoms. The third kappa shape index (κ3) is 2.93. The van der Waals surface area contributed by atoms with Crippen molar-refractivity contribution >= 4 is 11.9 Å². The summed E-state index contributed by atoms with van der Waals surface area (Å²) in [4.78, 5) is 23.0. The summed E-state index contributed by atoms with van der Waals surface area (Å²) in [5.74, 6) is -1.15. The number of benzene rings is 1. The van der Waals surface area contributed by atoms with Crippen LogP contribution in [-0.2, 0) is 19.1 Å². The molecule has 2 rings (SSSR count). The monoisotopic (exact) mass is 261 g/mol. The Kier molecular flexibility index (Phi) is 3.85. The van der Waals surface area contributed by atoms with Crippen LogP contribution in [0.15, 0.2) is 42.1 Å². The van der Waals surface area contributed by atoms with Gasteiger partial charge in [-0.1, -0.05) is 30.3 Å². The third-order valence-corrected chi connectivity index (χ3v) is 2.88. The van der Waals surface area contributed by atoms with Crippen LogP contribution in [0.25, 0.3) is 0 Å². The highest BCUT2D eigenvalue weighted by atomic mass is 16.5. The van der Waals surface area contributed by atoms with Crippen molar-refractivity contribution in [3.63, 3.8) is 0 Å². The fourth-order valence-electron chi connectivity index (χ4n) is 1.94. The lowest BCUT2D eigenvalue weighted by atomic mass is 10.0. The number of esters is 2. The molecule has 0 bridgehead atoms. The van der Waals surface area contributed by atoms with Gasteiger partial charge in [-0.25, -0.2) is 9.59 Å². The van der Waals surface area contributed by atoms with Crippen LogP contribution in [0.5, 0.6) is 0 Å². The Balaban J connectivity index is 2.17. The third-order valence-electron chi connectivity index (χ3n) is 2.88. The summed E-state index contributed by atoms with van der Waals surface area (Å²) < 4.78 is 9.85. The van der Waals surface area contributed by atoms with Gasteiger partial charge in [0.05, 0.1) is 19.2 Å². The lowest BCUT2D eigenvalue weighted by Crippen LogP contribution is -2.43. The van der Waals surface area contributed by atoms with Gasteiger partial charge in [-0.15, -0.1) is 0 Å². The van der Waals surface area contributed by atoms with Crippen molar-refractivity contribution in [2.75, 3.05) is 7.11 Å². The normalized spacial score (nSPS) is 24.5. The molecule has 2 atom stereocenters. The molecule has 0 spiro atoms. The molecule has 1 fully saturated rings. The number of rotatable bonds is 2. The van der Waals surface area contributed by atoms with Crippen LogP contribution in [0, 0.1) is 0 Å². The maximum Gasteiger partial charge on any atom is 0.355 e. The van der Waals surface area contributed by atoms with E-state index in [0.717, 1.165) is 11.6 Å². The van der Waals surface area contributed by atoms with E-state index >= 15 is 0 Å². The molecule has 1 aliphatic rings. The quantitative estimate of drug-likeness (QED) is 0.642. The predicted octanol–water partition coefficient (Wildman–Crippen LogP) is 1.32. The zero-order chi connectivity index (χ0) is 13.8. The maximum atomic E-state index is 11.8. The van der Waals surface area contributed by atoms with Crippen molar-refractivity contribution in [3.05, 3.63) is 47.7 Å². The van der Waals surface area contributed by atoms with Crippen molar-refractivity contribution in [2.45, 2.75) is 19.1 Å². The van der Waals surface area contributed by atoms with Crippen LogP contribution in [0.4, 0.5) is 0 Å². The molecular formula is C14H15NO4. The van der Waals surface area contributed by atoms with Crippen molar-refractivity contribution in [3.8, 4) is 0 Å². The van der Waals surface area contributed by atoms with Crippen LogP contribution in [0.2, 0.25) is 0 Å². The first-order chi connectivity index (χ1) is 9.11. The molecule has 0 aliphatic carbocycles. The van der Waals surface area contributed by atoms with E-state index in [1.807, 2.05) is 37.3 Å². The molecular weight excluding hydrogens is 246 g/mol. The first-order valence-electron chi connectivity index (χ1n) is 5.94. The number of hydrogen-bond acceptors (Lipinski definition) is 5. The average molecular weight is 261 g/mol. The number of cyclic esters (lactones) is 1. The predicted molar refractivity (Wildman–Crippen MR) is 68.0 cm³/mol. The van der Waals surface area contributed by atoms with E-state index in [2.05, 4.69) is 10.1 Å². The minimum Gasteiger partial charge on any atom is -0.466 e. The standard InChI is InChI=1S/C14H15NO4/c1-9-13(10-6-4-3-5-7-10)19-14(17)11(15-9)8-12(16)18-2/h3-9,13,15H,1-2H3. The van der Waals surface area contributed by atoms with Crippen LogP contribution >= 0.6 is 0 Å². The van der Waals surface area contributed by atoms with Gasteiger partial charge in [0, 0.05) is 0 Å². The minimum atomic E-state index is -0.593. The van der Waals surface area contributed by atoms with E-state index in [0.29, 0.717) is 0 Å². The summed E-state index contributed by atoms with van der Waals surface area (Å²) >= 11 is 0. The number of methoxy groups -OCH3 is 1. The van der Waals surface area contributed by atoms with Crippen LogP contribution < -0.4 is 5.32 Å². The summed E-state index contributed by atoms with van der Waals surface area (Å²) in [6.45, 7) is 1.88. The number of nitrogens with one attached hydrogen (secondary N) is 1. The van der Waals surface area contributed by atoms with Gasteiger partial charge >= 0.3 is 11.9 Å². The van der Waals surface area contributed by atoms with E-state index in [9.17, 15) is 9.59 Å². The molecule has 5 heteroatoms. The molecule has 1 N–H and O–H groups in total. The Morgan fingerprint density at radius 2 is 2.05 bits per heavy atom. The highest BCUT2D eigenvalue weighted by Crippen LogP contribution is 2.26. The second-order valence-electron chi connectivity index (χ2n) is 4.25. The fourth-order valence-corrected chi connectivity index (χ4v) is 1.94. The second-order valence-corrected chi connectivity index (χ2v) is 4.25. The van der Waals surface area contributed by atoms with E-state index < -0.39 is 11.9 Å². The highest BCUT2D eigenvalue weighted by molar-refractivity contribution is 5.96. The van der Waals surface area contributed by atoms with Crippen LogP contribution in [0.1, 0.15) is 18.6 Å². The van der Waals surface area contributed by atoms with Gasteiger partial charge in [-0.3, -0.25) is 0 Å². The molecule has 2 unspecified atom stereocenters. The van der Waals surface area contributed by atoms with Crippen LogP contribution in [-0.4, -0.2) is 25.1 Å². The van der Waals surface area contributed by atoms with Gasteiger partial charge in [0.2, 0.25) is 0 Å². The number of carbonyl (C=O) groups is 2. The first kappa shape index (κ1) is 13.1. The lowest BCUT2D eigenvalue weighted by molar-refractivity contribution is -0.151. The van der Waals surface area contributed by atoms with Crippen molar-refractivity contribution < 1.29 is 19.1 Å². The molecule has 1 saturated heterocycles. The summed E-state index contributed by atoms with van der Waals surface area (Å²) in [5.41, 5.74) is 1.03. The Morgan fingerprint density at radius 3 is 2.68 bits per heavy atom. The smallest absolute Gasteiger partial charge is 0.355 e. The van der Waals surface area contributed by atoms with Gasteiger partial charge in [-0.05, 0) is 12.5 Å². The molecule has 1 aromatic carbocycles. The number of ether oxygens (including phenoxy) is 2. The largest absolute Gasteiger partial charge is 0.466 e.